The lowest BCUT2D eigenvalue weighted by Gasteiger charge is -2.24. The number of hydrogen-bond acceptors (Lipinski definition) is 8. The molecular weight excluding hydrogens is 230 g/mol. The van der Waals surface area contributed by atoms with Gasteiger partial charge in [-0.3, -0.25) is 5.43 Å². The van der Waals surface area contributed by atoms with Gasteiger partial charge >= 0.3 is 6.01 Å². The first-order valence-corrected chi connectivity index (χ1v) is 5.79. The first kappa shape index (κ1) is 11.4. The first-order chi connectivity index (χ1) is 7.81. The molecule has 8 heteroatoms. The third kappa shape index (κ3) is 2.71. The van der Waals surface area contributed by atoms with Gasteiger partial charge in [0.1, 0.15) is 0 Å². The minimum Gasteiger partial charge on any atom is -0.464 e. The molecule has 16 heavy (non-hydrogen) atoms. The van der Waals surface area contributed by atoms with E-state index in [1.807, 2.05) is 6.92 Å². The number of nitrogens with one attached hydrogen (secondary N) is 1. The fourth-order valence-corrected chi connectivity index (χ4v) is 1.98. The predicted molar refractivity (Wildman–Crippen MR) is 59.3 cm³/mol. The molecule has 0 aromatic carbocycles. The number of hydrogen-bond donors (Lipinski definition) is 2. The highest BCUT2D eigenvalue weighted by Crippen LogP contribution is 2.26. The number of thioether (sulfide) groups is 1. The molecule has 0 radical (unpaired) electrons. The van der Waals surface area contributed by atoms with Crippen molar-refractivity contribution in [2.75, 3.05) is 25.2 Å². The summed E-state index contributed by atoms with van der Waals surface area (Å²) >= 11 is 1.54. The molecule has 1 aromatic rings. The van der Waals surface area contributed by atoms with Crippen LogP contribution in [-0.4, -0.2) is 40.0 Å². The van der Waals surface area contributed by atoms with Gasteiger partial charge in [0.25, 0.3) is 0 Å². The molecule has 1 aromatic heterocycles. The van der Waals surface area contributed by atoms with Crippen LogP contribution in [0.4, 0.5) is 5.95 Å². The van der Waals surface area contributed by atoms with Crippen LogP contribution in [0.2, 0.25) is 0 Å². The number of rotatable bonds is 5. The van der Waals surface area contributed by atoms with Gasteiger partial charge in [0.05, 0.1) is 25.1 Å². The van der Waals surface area contributed by atoms with Crippen LogP contribution in [0.3, 0.4) is 0 Å². The molecule has 0 bridgehead atoms. The zero-order chi connectivity index (χ0) is 11.4. The number of nitrogens with zero attached hydrogens (tertiary/aromatic N) is 3. The summed E-state index contributed by atoms with van der Waals surface area (Å²) in [4.78, 5) is 12.3. The Bertz CT molecular complexity index is 360. The van der Waals surface area contributed by atoms with Gasteiger partial charge in [-0.05, 0) is 6.92 Å². The second-order valence-electron chi connectivity index (χ2n) is 3.08. The summed E-state index contributed by atoms with van der Waals surface area (Å²) in [6.07, 6.45) is 0. The van der Waals surface area contributed by atoms with E-state index in [1.165, 1.54) is 11.8 Å². The van der Waals surface area contributed by atoms with Gasteiger partial charge in [-0.2, -0.15) is 15.0 Å². The number of aromatic nitrogens is 3. The van der Waals surface area contributed by atoms with Gasteiger partial charge < -0.3 is 9.47 Å². The summed E-state index contributed by atoms with van der Waals surface area (Å²) in [5.41, 5.74) is 2.39. The molecule has 0 saturated carbocycles. The van der Waals surface area contributed by atoms with Crippen molar-refractivity contribution in [1.29, 1.82) is 0 Å². The van der Waals surface area contributed by atoms with Crippen LogP contribution >= 0.6 is 11.8 Å². The Hall–Kier alpha value is -1.12. The smallest absolute Gasteiger partial charge is 0.322 e. The number of hydrazine groups is 1. The van der Waals surface area contributed by atoms with Crippen LogP contribution in [0, 0.1) is 0 Å². The van der Waals surface area contributed by atoms with Crippen molar-refractivity contribution in [2.24, 2.45) is 5.84 Å². The molecule has 1 fully saturated rings. The number of ether oxygens (including phenoxy) is 2. The summed E-state index contributed by atoms with van der Waals surface area (Å²) in [7, 11) is 0. The molecule has 7 nitrogen and oxygen atoms in total. The summed E-state index contributed by atoms with van der Waals surface area (Å²) < 4.78 is 10.3. The molecule has 1 saturated heterocycles. The normalized spacial score (nSPS) is 15.6. The van der Waals surface area contributed by atoms with Crippen molar-refractivity contribution in [3.8, 4) is 6.01 Å². The predicted octanol–water partition coefficient (Wildman–Crippen LogP) is 0.0468. The summed E-state index contributed by atoms with van der Waals surface area (Å²) in [5.74, 6) is 5.58. The standard InChI is InChI=1S/C8H13N5O2S/c1-2-15-7-10-6(13-9)11-8(12-7)16-5-3-14-4-5/h5H,2-4,9H2,1H3,(H,10,11,12,13). The van der Waals surface area contributed by atoms with E-state index in [4.69, 9.17) is 15.3 Å². The Morgan fingerprint density at radius 1 is 1.50 bits per heavy atom. The van der Waals surface area contributed by atoms with Gasteiger partial charge in [0, 0.05) is 0 Å². The molecule has 0 amide bonds. The van der Waals surface area contributed by atoms with E-state index in [0.29, 0.717) is 23.0 Å². The molecule has 1 aliphatic heterocycles. The van der Waals surface area contributed by atoms with E-state index in [-0.39, 0.29) is 6.01 Å². The summed E-state index contributed by atoms with van der Waals surface area (Å²) in [6.45, 7) is 3.83. The van der Waals surface area contributed by atoms with Crippen LogP contribution in [0.25, 0.3) is 0 Å². The quantitative estimate of drug-likeness (QED) is 0.553. The molecule has 2 heterocycles. The fourth-order valence-electron chi connectivity index (χ4n) is 1.08. The monoisotopic (exact) mass is 243 g/mol. The third-order valence-electron chi connectivity index (χ3n) is 1.88. The number of nitrogen functional groups attached to an aromatic ring is 1. The Labute approximate surface area is 97.1 Å². The molecule has 3 N–H and O–H groups in total. The third-order valence-corrected chi connectivity index (χ3v) is 2.88. The van der Waals surface area contributed by atoms with Crippen molar-refractivity contribution >= 4 is 17.7 Å². The summed E-state index contributed by atoms with van der Waals surface area (Å²) in [6, 6.07) is 0.285. The Morgan fingerprint density at radius 2 is 2.31 bits per heavy atom. The zero-order valence-electron chi connectivity index (χ0n) is 8.84. The van der Waals surface area contributed by atoms with Crippen molar-refractivity contribution in [2.45, 2.75) is 17.3 Å². The Kier molecular flexibility index (Phi) is 3.75. The molecular formula is C8H13N5O2S. The highest BCUT2D eigenvalue weighted by atomic mass is 32.2. The minimum absolute atomic E-state index is 0.285. The van der Waals surface area contributed by atoms with E-state index in [9.17, 15) is 0 Å². The second-order valence-corrected chi connectivity index (χ2v) is 4.35. The minimum atomic E-state index is 0.285. The Balaban J connectivity index is 2.11. The van der Waals surface area contributed by atoms with Crippen LogP contribution in [0.5, 0.6) is 6.01 Å². The molecule has 2 rings (SSSR count). The van der Waals surface area contributed by atoms with Gasteiger partial charge in [0.2, 0.25) is 5.95 Å². The van der Waals surface area contributed by atoms with Crippen LogP contribution in [0.15, 0.2) is 5.16 Å². The SMILES string of the molecule is CCOc1nc(NN)nc(SC2COC2)n1. The van der Waals surface area contributed by atoms with E-state index in [0.717, 1.165) is 13.2 Å². The molecule has 0 unspecified atom stereocenters. The Morgan fingerprint density at radius 3 is 2.88 bits per heavy atom. The number of anilines is 1. The maximum atomic E-state index is 5.27. The maximum Gasteiger partial charge on any atom is 0.322 e. The van der Waals surface area contributed by atoms with Gasteiger partial charge in [0.15, 0.2) is 5.16 Å². The van der Waals surface area contributed by atoms with Crippen molar-refractivity contribution in [3.63, 3.8) is 0 Å². The molecule has 0 spiro atoms. The molecule has 1 aliphatic rings. The zero-order valence-corrected chi connectivity index (χ0v) is 9.66. The molecule has 0 atom stereocenters. The largest absolute Gasteiger partial charge is 0.464 e. The summed E-state index contributed by atoms with van der Waals surface area (Å²) in [5, 5.41) is 1.00. The highest BCUT2D eigenvalue weighted by Gasteiger charge is 2.21. The van der Waals surface area contributed by atoms with E-state index in [2.05, 4.69) is 20.4 Å². The lowest BCUT2D eigenvalue weighted by molar-refractivity contribution is 0.0454. The lowest BCUT2D eigenvalue weighted by Crippen LogP contribution is -2.30. The van der Waals surface area contributed by atoms with Gasteiger partial charge in [-0.25, -0.2) is 5.84 Å². The van der Waals surface area contributed by atoms with Crippen LogP contribution < -0.4 is 16.0 Å². The highest BCUT2D eigenvalue weighted by molar-refractivity contribution is 7.99. The van der Waals surface area contributed by atoms with Crippen molar-refractivity contribution < 1.29 is 9.47 Å². The van der Waals surface area contributed by atoms with Gasteiger partial charge in [-0.1, -0.05) is 11.8 Å². The lowest BCUT2D eigenvalue weighted by atomic mass is 10.4. The molecule has 88 valence electrons. The number of nitrogens with two attached hydrogens (primary N) is 1. The van der Waals surface area contributed by atoms with E-state index in [1.54, 1.807) is 0 Å². The van der Waals surface area contributed by atoms with E-state index < -0.39 is 0 Å². The average molecular weight is 243 g/mol. The van der Waals surface area contributed by atoms with Crippen LogP contribution in [0.1, 0.15) is 6.92 Å². The molecule has 0 aliphatic carbocycles. The first-order valence-electron chi connectivity index (χ1n) is 4.91. The van der Waals surface area contributed by atoms with Crippen molar-refractivity contribution in [1.82, 2.24) is 15.0 Å². The maximum absolute atomic E-state index is 5.27. The van der Waals surface area contributed by atoms with Crippen molar-refractivity contribution in [3.05, 3.63) is 0 Å². The second kappa shape index (κ2) is 5.28. The van der Waals surface area contributed by atoms with Crippen LogP contribution in [-0.2, 0) is 4.74 Å². The average Bonchev–Trinajstić information content (AvgIpc) is 2.24. The fraction of sp³-hybridized carbons (Fsp3) is 0.625. The van der Waals surface area contributed by atoms with E-state index >= 15 is 0 Å². The topological polar surface area (TPSA) is 95.2 Å². The van der Waals surface area contributed by atoms with Gasteiger partial charge in [-0.15, -0.1) is 0 Å².